The molecule has 0 bridgehead atoms. The fourth-order valence-corrected chi connectivity index (χ4v) is 11.2. The Labute approximate surface area is 373 Å². The number of rotatable bonds is 22. The lowest BCUT2D eigenvalue weighted by atomic mass is 9.86. The van der Waals surface area contributed by atoms with E-state index < -0.39 is 76.7 Å². The van der Waals surface area contributed by atoms with Crippen LogP contribution in [0.5, 0.6) is 0 Å². The number of para-hydroxylation sites is 1. The lowest BCUT2D eigenvalue weighted by molar-refractivity contribution is -0.143. The highest BCUT2D eigenvalue weighted by Crippen LogP contribution is 2.54. The standard InChI is InChI=1S/C47H54N5O10PS/c1-64(60,61)52-39(25-13-16-28-48-45(57)62-31-33-17-5-2-6-18-33)42(53)51-47(58,41(34-19-7-3-8-20-34)35-21-9-4-10-22-35)63(59)32-46(26-14-15-27-46)44(56)50-40(43(54)55)29-36-30-49-38-24-12-11-23-37(36)38/h2-12,17-24,30,39-41,49,52,58H,13-16,25-29,31-32H2,1H3,(H3-,48,50,51,53,54,55,56,57)/p+1/t39-,40-,47+/m0/s1. The molecule has 1 saturated carbocycles. The van der Waals surface area contributed by atoms with Crippen molar-refractivity contribution in [1.29, 1.82) is 0 Å². The number of carboxylic acids is 1. The Balaban J connectivity index is 1.25. The van der Waals surface area contributed by atoms with Crippen LogP contribution in [0, 0.1) is 5.41 Å². The minimum Gasteiger partial charge on any atom is -0.480 e. The fourth-order valence-electron chi connectivity index (χ4n) is 8.37. The van der Waals surface area contributed by atoms with Gasteiger partial charge in [0.2, 0.25) is 21.8 Å². The summed E-state index contributed by atoms with van der Waals surface area (Å²) in [6, 6.07) is 31.1. The number of amides is 3. The quantitative estimate of drug-likeness (QED) is 0.0233. The lowest BCUT2D eigenvalue weighted by Crippen LogP contribution is -2.57. The Kier molecular flexibility index (Phi) is 16.1. The van der Waals surface area contributed by atoms with Gasteiger partial charge in [-0.05, 0) is 60.4 Å². The van der Waals surface area contributed by atoms with E-state index in [2.05, 4.69) is 25.7 Å². The molecule has 1 unspecified atom stereocenters. The predicted molar refractivity (Wildman–Crippen MR) is 243 cm³/mol. The number of alkyl carbamates (subject to hydrolysis) is 1. The first-order valence-electron chi connectivity index (χ1n) is 21.3. The average molecular weight is 913 g/mol. The number of aliphatic hydroxyl groups is 1. The molecule has 1 aromatic heterocycles. The summed E-state index contributed by atoms with van der Waals surface area (Å²) in [5.74, 6) is -4.02. The number of aliphatic carboxylic acids is 1. The summed E-state index contributed by atoms with van der Waals surface area (Å²) in [4.78, 5) is 57.0. The average Bonchev–Trinajstić information content (AvgIpc) is 3.93. The molecule has 338 valence electrons. The van der Waals surface area contributed by atoms with Gasteiger partial charge in [-0.2, -0.15) is 0 Å². The Morgan fingerprint density at radius 3 is 2.05 bits per heavy atom. The number of sulfonamides is 1. The summed E-state index contributed by atoms with van der Waals surface area (Å²) < 4.78 is 48.2. The van der Waals surface area contributed by atoms with E-state index in [0.29, 0.717) is 36.0 Å². The van der Waals surface area contributed by atoms with Crippen LogP contribution >= 0.6 is 7.80 Å². The number of ether oxygens (including phenoxy) is 1. The molecular weight excluding hydrogens is 858 g/mol. The predicted octanol–water partition coefficient (Wildman–Crippen LogP) is 6.28. The van der Waals surface area contributed by atoms with Crippen molar-refractivity contribution in [1.82, 2.24) is 25.7 Å². The Hall–Kier alpha value is -5.93. The molecule has 3 amide bonds. The van der Waals surface area contributed by atoms with Crippen molar-refractivity contribution in [2.75, 3.05) is 19.0 Å². The lowest BCUT2D eigenvalue weighted by Gasteiger charge is -2.33. The van der Waals surface area contributed by atoms with E-state index in [1.165, 1.54) is 0 Å². The first kappa shape index (κ1) is 47.5. The Morgan fingerprint density at radius 1 is 0.844 bits per heavy atom. The number of benzene rings is 4. The van der Waals surface area contributed by atoms with E-state index in [1.807, 2.05) is 54.6 Å². The zero-order chi connectivity index (χ0) is 45.7. The minimum absolute atomic E-state index is 0.0273. The Morgan fingerprint density at radius 2 is 1.44 bits per heavy atom. The molecule has 0 saturated heterocycles. The number of aromatic nitrogens is 1. The highest BCUT2D eigenvalue weighted by molar-refractivity contribution is 7.88. The first-order valence-corrected chi connectivity index (χ1v) is 24.6. The number of aromatic amines is 1. The zero-order valence-electron chi connectivity index (χ0n) is 35.6. The number of carboxylic acid groups (broad SMARTS) is 1. The molecule has 6 rings (SSSR count). The van der Waals surface area contributed by atoms with E-state index in [9.17, 15) is 37.8 Å². The van der Waals surface area contributed by atoms with E-state index in [4.69, 9.17) is 4.74 Å². The number of carbonyl (C=O) groups is 4. The van der Waals surface area contributed by atoms with E-state index in [-0.39, 0.29) is 45.3 Å². The van der Waals surface area contributed by atoms with Crippen LogP contribution in [0.3, 0.4) is 0 Å². The number of hydrogen-bond acceptors (Lipinski definition) is 9. The number of H-pyrrole nitrogens is 1. The number of nitrogens with one attached hydrogen (secondary N) is 5. The van der Waals surface area contributed by atoms with Crippen molar-refractivity contribution in [2.45, 2.75) is 81.4 Å². The van der Waals surface area contributed by atoms with Crippen LogP contribution in [0.4, 0.5) is 4.79 Å². The molecule has 0 aliphatic heterocycles. The monoisotopic (exact) mass is 912 g/mol. The second-order valence-corrected chi connectivity index (χ2v) is 19.9. The molecule has 0 radical (unpaired) electrons. The first-order chi connectivity index (χ1) is 30.7. The van der Waals surface area contributed by atoms with Gasteiger partial charge in [-0.1, -0.05) is 127 Å². The minimum atomic E-state index is -4.01. The highest BCUT2D eigenvalue weighted by atomic mass is 32.2. The summed E-state index contributed by atoms with van der Waals surface area (Å²) in [6.07, 6.45) is 3.67. The Bertz CT molecular complexity index is 2460. The van der Waals surface area contributed by atoms with Gasteiger partial charge in [-0.3, -0.25) is 14.9 Å². The van der Waals surface area contributed by atoms with Crippen LogP contribution in [0.2, 0.25) is 0 Å². The van der Waals surface area contributed by atoms with Crippen molar-refractivity contribution in [2.24, 2.45) is 5.41 Å². The third-order valence-corrected chi connectivity index (χ3v) is 14.4. The van der Waals surface area contributed by atoms with Gasteiger partial charge in [-0.15, -0.1) is 0 Å². The number of carbonyl (C=O) groups excluding carboxylic acids is 3. The van der Waals surface area contributed by atoms with Gasteiger partial charge in [0.05, 0.1) is 11.7 Å². The van der Waals surface area contributed by atoms with Gasteiger partial charge < -0.3 is 30.6 Å². The molecule has 1 aliphatic carbocycles. The van der Waals surface area contributed by atoms with Crippen molar-refractivity contribution in [3.05, 3.63) is 144 Å². The maximum atomic E-state index is 15.3. The molecule has 4 aromatic carbocycles. The van der Waals surface area contributed by atoms with Crippen LogP contribution in [-0.2, 0) is 46.7 Å². The summed E-state index contributed by atoms with van der Waals surface area (Å²) in [6.45, 7) is 0.237. The summed E-state index contributed by atoms with van der Waals surface area (Å²) in [7, 11) is -7.03. The molecule has 4 atom stereocenters. The van der Waals surface area contributed by atoms with Gasteiger partial charge in [0, 0.05) is 30.1 Å². The fraction of sp³-hybridized carbons (Fsp3) is 0.362. The zero-order valence-corrected chi connectivity index (χ0v) is 37.3. The molecule has 1 heterocycles. The van der Waals surface area contributed by atoms with Gasteiger partial charge >= 0.3 is 25.3 Å². The highest BCUT2D eigenvalue weighted by Gasteiger charge is 2.61. The van der Waals surface area contributed by atoms with Crippen molar-refractivity contribution < 1.29 is 47.1 Å². The molecule has 0 spiro atoms. The molecule has 1 fully saturated rings. The third-order valence-electron chi connectivity index (χ3n) is 11.6. The van der Waals surface area contributed by atoms with Crippen LogP contribution in [-0.4, -0.2) is 84.0 Å². The van der Waals surface area contributed by atoms with Gasteiger partial charge in [-0.25, -0.2) is 22.7 Å². The topological polar surface area (TPSA) is 233 Å². The maximum Gasteiger partial charge on any atom is 0.407 e. The molecule has 7 N–H and O–H groups in total. The number of fused-ring (bicyclic) bond motifs is 1. The second kappa shape index (κ2) is 21.6. The largest absolute Gasteiger partial charge is 0.480 e. The van der Waals surface area contributed by atoms with Crippen molar-refractivity contribution in [3.63, 3.8) is 0 Å². The van der Waals surface area contributed by atoms with Crippen LogP contribution in [0.15, 0.2) is 121 Å². The molecule has 1 aliphatic rings. The van der Waals surface area contributed by atoms with Crippen molar-refractivity contribution in [3.8, 4) is 0 Å². The second-order valence-electron chi connectivity index (χ2n) is 16.3. The summed E-state index contributed by atoms with van der Waals surface area (Å²) in [5, 5.41) is 32.2. The number of unbranched alkanes of at least 4 members (excludes halogenated alkanes) is 1. The normalized spacial score (nSPS) is 15.7. The number of hydrogen-bond donors (Lipinski definition) is 7. The van der Waals surface area contributed by atoms with E-state index in [1.54, 1.807) is 66.9 Å². The SMILES string of the molecule is CS(=O)(=O)N[C@@H](CCCCNC(=O)OCc1ccccc1)C(=O)N[C@@](O)(C(c1ccccc1)c1ccccc1)[P+](=O)CC1(C(=O)N[C@@H](Cc2c[nH]c3ccccc23)C(=O)O)CCCC1. The third kappa shape index (κ3) is 12.4. The molecule has 17 heteroatoms. The van der Waals surface area contributed by atoms with Crippen LogP contribution in [0.25, 0.3) is 10.9 Å². The van der Waals surface area contributed by atoms with Gasteiger partial charge in [0.25, 0.3) is 0 Å². The van der Waals surface area contributed by atoms with Gasteiger partial charge in [0.15, 0.2) is 6.16 Å². The molecule has 5 aromatic rings. The van der Waals surface area contributed by atoms with Crippen molar-refractivity contribution >= 4 is 52.6 Å². The van der Waals surface area contributed by atoms with Crippen LogP contribution in [0.1, 0.15) is 73.1 Å². The van der Waals surface area contributed by atoms with Crippen LogP contribution < -0.4 is 20.7 Å². The molecule has 64 heavy (non-hydrogen) atoms. The van der Waals surface area contributed by atoms with Gasteiger partial charge in [0.1, 0.15) is 24.6 Å². The molecule has 15 nitrogen and oxygen atoms in total. The maximum absolute atomic E-state index is 15.3. The molecular formula is C47H55N5O10PS+. The summed E-state index contributed by atoms with van der Waals surface area (Å²) in [5.41, 5.74) is -0.712. The summed E-state index contributed by atoms with van der Waals surface area (Å²) >= 11 is 0. The smallest absolute Gasteiger partial charge is 0.407 e. The van der Waals surface area contributed by atoms with E-state index >= 15 is 4.57 Å². The van der Waals surface area contributed by atoms with E-state index in [0.717, 1.165) is 22.7 Å².